The summed E-state index contributed by atoms with van der Waals surface area (Å²) in [7, 11) is 0. The molecule has 0 atom stereocenters. The van der Waals surface area contributed by atoms with Crippen LogP contribution in [0.5, 0.6) is 5.75 Å². The van der Waals surface area contributed by atoms with Gasteiger partial charge in [-0.2, -0.15) is 0 Å². The summed E-state index contributed by atoms with van der Waals surface area (Å²) in [4.78, 5) is 32.5. The molecule has 0 aliphatic rings. The fourth-order valence-corrected chi connectivity index (χ4v) is 4.02. The molecule has 0 aliphatic heterocycles. The van der Waals surface area contributed by atoms with Gasteiger partial charge in [-0.25, -0.2) is 4.98 Å². The summed E-state index contributed by atoms with van der Waals surface area (Å²) in [6.45, 7) is 6.42. The fraction of sp³-hybridized carbons (Fsp3) is 0.233. The Labute approximate surface area is 217 Å². The summed E-state index contributed by atoms with van der Waals surface area (Å²) in [5.74, 6) is 0.455. The highest BCUT2D eigenvalue weighted by atomic mass is 16.5. The van der Waals surface area contributed by atoms with E-state index in [1.54, 1.807) is 4.90 Å². The number of ether oxygens (including phenoxy) is 1. The van der Waals surface area contributed by atoms with Crippen LogP contribution in [-0.2, 0) is 16.1 Å². The first-order chi connectivity index (χ1) is 17.9. The van der Waals surface area contributed by atoms with E-state index in [4.69, 9.17) is 9.72 Å². The highest BCUT2D eigenvalue weighted by molar-refractivity contribution is 5.94. The third-order valence-corrected chi connectivity index (χ3v) is 5.79. The van der Waals surface area contributed by atoms with Gasteiger partial charge in [-0.1, -0.05) is 80.6 Å². The molecule has 1 heterocycles. The SMILES string of the molecule is CCOc1cccc(-n2cc(-c3ccccc3)nc2NC(=O)CN(Cc2ccccc2)C(=O)C(C)C)c1. The molecular weight excluding hydrogens is 464 g/mol. The van der Waals surface area contributed by atoms with Crippen molar-refractivity contribution in [3.63, 3.8) is 0 Å². The van der Waals surface area contributed by atoms with Crippen molar-refractivity contribution in [1.29, 1.82) is 0 Å². The van der Waals surface area contributed by atoms with Crippen molar-refractivity contribution in [3.8, 4) is 22.7 Å². The monoisotopic (exact) mass is 496 g/mol. The largest absolute Gasteiger partial charge is 0.494 e. The number of rotatable bonds is 10. The summed E-state index contributed by atoms with van der Waals surface area (Å²) in [6.07, 6.45) is 1.89. The van der Waals surface area contributed by atoms with Crippen molar-refractivity contribution in [3.05, 3.63) is 96.7 Å². The molecule has 7 heteroatoms. The van der Waals surface area contributed by atoms with E-state index in [1.165, 1.54) is 0 Å². The van der Waals surface area contributed by atoms with E-state index < -0.39 is 0 Å². The molecule has 3 aromatic carbocycles. The van der Waals surface area contributed by atoms with Gasteiger partial charge >= 0.3 is 0 Å². The zero-order valence-corrected chi connectivity index (χ0v) is 21.4. The van der Waals surface area contributed by atoms with Gasteiger partial charge in [0, 0.05) is 30.3 Å². The molecule has 0 saturated heterocycles. The number of nitrogens with zero attached hydrogens (tertiary/aromatic N) is 3. The first-order valence-corrected chi connectivity index (χ1v) is 12.4. The van der Waals surface area contributed by atoms with Gasteiger partial charge in [0.05, 0.1) is 18.0 Å². The van der Waals surface area contributed by atoms with E-state index in [2.05, 4.69) is 5.32 Å². The molecule has 37 heavy (non-hydrogen) atoms. The minimum Gasteiger partial charge on any atom is -0.494 e. The number of aromatic nitrogens is 2. The van der Waals surface area contributed by atoms with Gasteiger partial charge in [0.15, 0.2) is 0 Å². The van der Waals surface area contributed by atoms with Gasteiger partial charge < -0.3 is 9.64 Å². The first kappa shape index (κ1) is 25.7. The number of amides is 2. The molecule has 7 nitrogen and oxygen atoms in total. The van der Waals surface area contributed by atoms with Gasteiger partial charge in [0.1, 0.15) is 12.3 Å². The Morgan fingerprint density at radius 2 is 1.68 bits per heavy atom. The van der Waals surface area contributed by atoms with E-state index in [-0.39, 0.29) is 24.3 Å². The predicted octanol–water partition coefficient (Wildman–Crippen LogP) is 5.56. The van der Waals surface area contributed by atoms with Gasteiger partial charge in [-0.3, -0.25) is 19.5 Å². The molecule has 190 valence electrons. The lowest BCUT2D eigenvalue weighted by Crippen LogP contribution is -2.40. The van der Waals surface area contributed by atoms with Crippen molar-refractivity contribution in [2.45, 2.75) is 27.3 Å². The summed E-state index contributed by atoms with van der Waals surface area (Å²) in [6, 6.07) is 27.1. The molecule has 0 unspecified atom stereocenters. The summed E-state index contributed by atoms with van der Waals surface area (Å²) in [5.41, 5.74) is 3.41. The molecular formula is C30H32N4O3. The second kappa shape index (κ2) is 12.0. The Balaban J connectivity index is 1.62. The third kappa shape index (κ3) is 6.64. The molecule has 0 bridgehead atoms. The number of nitrogens with one attached hydrogen (secondary N) is 1. The molecule has 0 aliphatic carbocycles. The van der Waals surface area contributed by atoms with Crippen LogP contribution in [0.4, 0.5) is 5.95 Å². The van der Waals surface area contributed by atoms with Gasteiger partial charge in [0.25, 0.3) is 0 Å². The van der Waals surface area contributed by atoms with Gasteiger partial charge in [-0.05, 0) is 24.6 Å². The van der Waals surface area contributed by atoms with Crippen molar-refractivity contribution in [2.75, 3.05) is 18.5 Å². The normalized spacial score (nSPS) is 10.8. The van der Waals surface area contributed by atoms with Crippen LogP contribution in [0.1, 0.15) is 26.3 Å². The molecule has 4 aromatic rings. The summed E-state index contributed by atoms with van der Waals surface area (Å²) < 4.78 is 7.50. The standard InChI is InChI=1S/C30H32N4O3/c1-4-37-26-17-11-16-25(18-26)34-20-27(24-14-9-6-10-15-24)31-30(34)32-28(35)21-33(29(36)22(2)3)19-23-12-7-5-8-13-23/h5-18,20,22H,4,19,21H2,1-3H3,(H,31,32,35). The maximum Gasteiger partial charge on any atom is 0.246 e. The highest BCUT2D eigenvalue weighted by Crippen LogP contribution is 2.26. The molecule has 0 saturated carbocycles. The molecule has 2 amide bonds. The lowest BCUT2D eigenvalue weighted by atomic mass is 10.1. The minimum atomic E-state index is -0.322. The summed E-state index contributed by atoms with van der Waals surface area (Å²) in [5, 5.41) is 2.94. The quantitative estimate of drug-likeness (QED) is 0.312. The van der Waals surface area contributed by atoms with Crippen LogP contribution in [0, 0.1) is 5.92 Å². The van der Waals surface area contributed by atoms with Gasteiger partial charge in [0.2, 0.25) is 17.8 Å². The smallest absolute Gasteiger partial charge is 0.246 e. The summed E-state index contributed by atoms with van der Waals surface area (Å²) >= 11 is 0. The van der Waals surface area contributed by atoms with E-state index in [0.717, 1.165) is 28.3 Å². The van der Waals surface area contributed by atoms with Crippen LogP contribution >= 0.6 is 0 Å². The van der Waals surface area contributed by atoms with Crippen LogP contribution in [-0.4, -0.2) is 39.4 Å². The second-order valence-electron chi connectivity index (χ2n) is 9.00. The highest BCUT2D eigenvalue weighted by Gasteiger charge is 2.22. The maximum atomic E-state index is 13.3. The van der Waals surface area contributed by atoms with E-state index in [9.17, 15) is 9.59 Å². The Bertz CT molecular complexity index is 1330. The van der Waals surface area contributed by atoms with E-state index in [0.29, 0.717) is 19.1 Å². The molecule has 0 fully saturated rings. The van der Waals surface area contributed by atoms with Crippen molar-refractivity contribution >= 4 is 17.8 Å². The van der Waals surface area contributed by atoms with Crippen molar-refractivity contribution in [2.24, 2.45) is 5.92 Å². The third-order valence-electron chi connectivity index (χ3n) is 5.79. The lowest BCUT2D eigenvalue weighted by Gasteiger charge is -2.24. The minimum absolute atomic E-state index is 0.0849. The van der Waals surface area contributed by atoms with Crippen molar-refractivity contribution < 1.29 is 14.3 Å². The molecule has 0 spiro atoms. The Kier molecular flexibility index (Phi) is 8.36. The maximum absolute atomic E-state index is 13.3. The van der Waals surface area contributed by atoms with E-state index >= 15 is 0 Å². The number of imidazole rings is 1. The average molecular weight is 497 g/mol. The molecule has 0 radical (unpaired) electrons. The number of hydrogen-bond donors (Lipinski definition) is 1. The second-order valence-corrected chi connectivity index (χ2v) is 9.00. The molecule has 1 N–H and O–H groups in total. The van der Waals surface area contributed by atoms with Crippen LogP contribution < -0.4 is 10.1 Å². The Hall–Kier alpha value is -4.39. The predicted molar refractivity (Wildman–Crippen MR) is 145 cm³/mol. The number of hydrogen-bond acceptors (Lipinski definition) is 4. The lowest BCUT2D eigenvalue weighted by molar-refractivity contribution is -0.138. The number of carbonyl (C=O) groups excluding carboxylic acids is 2. The molecule has 4 rings (SSSR count). The molecule has 1 aromatic heterocycles. The van der Waals surface area contributed by atoms with Crippen molar-refractivity contribution in [1.82, 2.24) is 14.5 Å². The number of benzene rings is 3. The number of carbonyl (C=O) groups is 2. The van der Waals surface area contributed by atoms with Crippen LogP contribution in [0.2, 0.25) is 0 Å². The Morgan fingerprint density at radius 1 is 0.973 bits per heavy atom. The zero-order chi connectivity index (χ0) is 26.2. The van der Waals surface area contributed by atoms with Crippen LogP contribution in [0.25, 0.3) is 16.9 Å². The van der Waals surface area contributed by atoms with Crippen LogP contribution in [0.3, 0.4) is 0 Å². The average Bonchev–Trinajstić information content (AvgIpc) is 3.33. The van der Waals surface area contributed by atoms with E-state index in [1.807, 2.05) is 116 Å². The first-order valence-electron chi connectivity index (χ1n) is 12.4. The Morgan fingerprint density at radius 3 is 2.35 bits per heavy atom. The number of anilines is 1. The van der Waals surface area contributed by atoms with Crippen LogP contribution in [0.15, 0.2) is 91.1 Å². The fourth-order valence-electron chi connectivity index (χ4n) is 4.02. The topological polar surface area (TPSA) is 76.5 Å². The van der Waals surface area contributed by atoms with Gasteiger partial charge in [-0.15, -0.1) is 0 Å². The zero-order valence-electron chi connectivity index (χ0n) is 21.4.